The van der Waals surface area contributed by atoms with E-state index >= 15 is 0 Å². The molecule has 0 aliphatic heterocycles. The number of rotatable bonds is 5. The van der Waals surface area contributed by atoms with Crippen molar-refractivity contribution in [2.75, 3.05) is 6.61 Å². The molecule has 2 aromatic heterocycles. The SMILES string of the molecule is CC(C)(C)c1ccc(OCC(O)Cn2cnc3sccc3c2=O)cc1. The third-order valence-electron chi connectivity index (χ3n) is 4.02. The Labute approximate surface area is 150 Å². The zero-order chi connectivity index (χ0) is 18.0. The summed E-state index contributed by atoms with van der Waals surface area (Å²) in [6.07, 6.45) is 0.681. The molecule has 0 amide bonds. The molecule has 0 saturated heterocycles. The summed E-state index contributed by atoms with van der Waals surface area (Å²) in [4.78, 5) is 17.3. The molecule has 0 spiro atoms. The Morgan fingerprint density at radius 3 is 2.64 bits per heavy atom. The first-order chi connectivity index (χ1) is 11.8. The summed E-state index contributed by atoms with van der Waals surface area (Å²) in [6.45, 7) is 6.73. The number of ether oxygens (including phenoxy) is 1. The molecule has 2 heterocycles. The Balaban J connectivity index is 1.61. The van der Waals surface area contributed by atoms with Gasteiger partial charge in [-0.3, -0.25) is 9.36 Å². The third-order valence-corrected chi connectivity index (χ3v) is 4.84. The highest BCUT2D eigenvalue weighted by Gasteiger charge is 2.14. The average Bonchev–Trinajstić information content (AvgIpc) is 3.05. The largest absolute Gasteiger partial charge is 0.491 e. The molecule has 0 bridgehead atoms. The summed E-state index contributed by atoms with van der Waals surface area (Å²) in [5, 5.41) is 12.6. The van der Waals surface area contributed by atoms with Crippen molar-refractivity contribution in [3.05, 3.63) is 58.0 Å². The van der Waals surface area contributed by atoms with Crippen LogP contribution < -0.4 is 10.3 Å². The van der Waals surface area contributed by atoms with Crippen LogP contribution in [0.2, 0.25) is 0 Å². The number of hydrogen-bond donors (Lipinski definition) is 1. The van der Waals surface area contributed by atoms with Gasteiger partial charge in [-0.2, -0.15) is 0 Å². The number of nitrogens with zero attached hydrogens (tertiary/aromatic N) is 2. The van der Waals surface area contributed by atoms with Crippen LogP contribution >= 0.6 is 11.3 Å². The fraction of sp³-hybridized carbons (Fsp3) is 0.368. The minimum Gasteiger partial charge on any atom is -0.491 e. The summed E-state index contributed by atoms with van der Waals surface area (Å²) in [5.74, 6) is 0.700. The lowest BCUT2D eigenvalue weighted by Gasteiger charge is -2.19. The number of fused-ring (bicyclic) bond motifs is 1. The quantitative estimate of drug-likeness (QED) is 0.761. The predicted molar refractivity (Wildman–Crippen MR) is 101 cm³/mol. The van der Waals surface area contributed by atoms with E-state index in [1.165, 1.54) is 27.8 Å². The van der Waals surface area contributed by atoms with Gasteiger partial charge >= 0.3 is 0 Å². The molecule has 0 fully saturated rings. The summed E-state index contributed by atoms with van der Waals surface area (Å²) in [7, 11) is 0. The van der Waals surface area contributed by atoms with Crippen LogP contribution in [-0.2, 0) is 12.0 Å². The number of benzene rings is 1. The Kier molecular flexibility index (Phi) is 4.92. The number of aliphatic hydroxyl groups is 1. The third kappa shape index (κ3) is 4.08. The lowest BCUT2D eigenvalue weighted by Crippen LogP contribution is -2.30. The molecule has 3 rings (SSSR count). The van der Waals surface area contributed by atoms with E-state index in [1.54, 1.807) is 6.07 Å². The molecule has 1 unspecified atom stereocenters. The number of hydrogen-bond acceptors (Lipinski definition) is 5. The first-order valence-corrected chi connectivity index (χ1v) is 9.06. The van der Waals surface area contributed by atoms with Crippen LogP contribution in [0.3, 0.4) is 0 Å². The Morgan fingerprint density at radius 1 is 1.24 bits per heavy atom. The highest BCUT2D eigenvalue weighted by molar-refractivity contribution is 7.16. The van der Waals surface area contributed by atoms with E-state index in [4.69, 9.17) is 4.74 Å². The summed E-state index contributed by atoms with van der Waals surface area (Å²) in [5.41, 5.74) is 1.17. The average molecular weight is 358 g/mol. The fourth-order valence-electron chi connectivity index (χ4n) is 2.55. The van der Waals surface area contributed by atoms with Crippen molar-refractivity contribution >= 4 is 21.6 Å². The van der Waals surface area contributed by atoms with E-state index in [9.17, 15) is 9.90 Å². The van der Waals surface area contributed by atoms with Crippen LogP contribution in [0.1, 0.15) is 26.3 Å². The van der Waals surface area contributed by atoms with Gasteiger partial charge in [0.15, 0.2) is 0 Å². The molecule has 0 radical (unpaired) electrons. The maximum Gasteiger partial charge on any atom is 0.262 e. The van der Waals surface area contributed by atoms with Crippen LogP contribution in [0.5, 0.6) is 5.75 Å². The van der Waals surface area contributed by atoms with Crippen LogP contribution in [0, 0.1) is 0 Å². The second-order valence-corrected chi connectivity index (χ2v) is 7.98. The Bertz CT molecular complexity index is 907. The minimum absolute atomic E-state index is 0.0898. The Morgan fingerprint density at radius 2 is 1.96 bits per heavy atom. The van der Waals surface area contributed by atoms with E-state index < -0.39 is 6.10 Å². The normalized spacial score (nSPS) is 13.1. The molecule has 0 aliphatic rings. The van der Waals surface area contributed by atoms with Gasteiger partial charge in [-0.25, -0.2) is 4.98 Å². The zero-order valence-electron chi connectivity index (χ0n) is 14.6. The molecule has 0 saturated carbocycles. The lowest BCUT2D eigenvalue weighted by atomic mass is 9.87. The van der Waals surface area contributed by atoms with Crippen molar-refractivity contribution in [1.82, 2.24) is 9.55 Å². The van der Waals surface area contributed by atoms with Crippen molar-refractivity contribution in [3.63, 3.8) is 0 Å². The molecular formula is C19H22N2O3S. The molecule has 0 aliphatic carbocycles. The number of aliphatic hydroxyl groups excluding tert-OH is 1. The first kappa shape index (κ1) is 17.6. The lowest BCUT2D eigenvalue weighted by molar-refractivity contribution is 0.0914. The second-order valence-electron chi connectivity index (χ2n) is 7.08. The van der Waals surface area contributed by atoms with Crippen molar-refractivity contribution in [2.24, 2.45) is 0 Å². The summed E-state index contributed by atoms with van der Waals surface area (Å²) < 4.78 is 7.06. The first-order valence-electron chi connectivity index (χ1n) is 8.18. The molecule has 25 heavy (non-hydrogen) atoms. The maximum atomic E-state index is 12.3. The molecule has 6 heteroatoms. The Hall–Kier alpha value is -2.18. The van der Waals surface area contributed by atoms with Gasteiger partial charge in [0.25, 0.3) is 5.56 Å². The van der Waals surface area contributed by atoms with E-state index in [2.05, 4.69) is 25.8 Å². The van der Waals surface area contributed by atoms with Gasteiger partial charge in [-0.1, -0.05) is 32.9 Å². The molecule has 132 valence electrons. The van der Waals surface area contributed by atoms with Crippen LogP contribution in [-0.4, -0.2) is 27.4 Å². The summed E-state index contributed by atoms with van der Waals surface area (Å²) in [6, 6.07) is 9.61. The van der Waals surface area contributed by atoms with Gasteiger partial charge in [-0.05, 0) is 34.6 Å². The van der Waals surface area contributed by atoms with Gasteiger partial charge in [-0.15, -0.1) is 11.3 Å². The van der Waals surface area contributed by atoms with E-state index in [0.29, 0.717) is 16.0 Å². The molecule has 1 aromatic carbocycles. The fourth-order valence-corrected chi connectivity index (χ4v) is 3.27. The van der Waals surface area contributed by atoms with Crippen molar-refractivity contribution in [1.29, 1.82) is 0 Å². The number of thiophene rings is 1. The van der Waals surface area contributed by atoms with Crippen molar-refractivity contribution in [3.8, 4) is 5.75 Å². The van der Waals surface area contributed by atoms with Crippen LogP contribution in [0.4, 0.5) is 0 Å². The van der Waals surface area contributed by atoms with Gasteiger partial charge < -0.3 is 9.84 Å². The molecule has 1 atom stereocenters. The highest BCUT2D eigenvalue weighted by atomic mass is 32.1. The molecule has 3 aromatic rings. The van der Waals surface area contributed by atoms with Crippen molar-refractivity contribution < 1.29 is 9.84 Å². The van der Waals surface area contributed by atoms with E-state index in [1.807, 2.05) is 29.6 Å². The van der Waals surface area contributed by atoms with Gasteiger partial charge in [0.1, 0.15) is 23.3 Å². The highest BCUT2D eigenvalue weighted by Crippen LogP contribution is 2.24. The minimum atomic E-state index is -0.794. The van der Waals surface area contributed by atoms with E-state index in [0.717, 1.165) is 0 Å². The summed E-state index contributed by atoms with van der Waals surface area (Å²) >= 11 is 1.43. The topological polar surface area (TPSA) is 64.3 Å². The van der Waals surface area contributed by atoms with Gasteiger partial charge in [0.2, 0.25) is 0 Å². The monoisotopic (exact) mass is 358 g/mol. The van der Waals surface area contributed by atoms with Gasteiger partial charge in [0, 0.05) is 0 Å². The van der Waals surface area contributed by atoms with Crippen LogP contribution in [0.25, 0.3) is 10.2 Å². The molecule has 1 N–H and O–H groups in total. The molecular weight excluding hydrogens is 336 g/mol. The van der Waals surface area contributed by atoms with Crippen LogP contribution in [0.15, 0.2) is 46.8 Å². The van der Waals surface area contributed by atoms with Crippen molar-refractivity contribution in [2.45, 2.75) is 38.8 Å². The molecule has 5 nitrogen and oxygen atoms in total. The maximum absolute atomic E-state index is 12.3. The van der Waals surface area contributed by atoms with Gasteiger partial charge in [0.05, 0.1) is 18.3 Å². The number of aromatic nitrogens is 2. The zero-order valence-corrected chi connectivity index (χ0v) is 15.4. The second kappa shape index (κ2) is 6.98. The smallest absolute Gasteiger partial charge is 0.262 e. The standard InChI is InChI=1S/C19H22N2O3S/c1-19(2,3)13-4-6-15(7-5-13)24-11-14(22)10-21-12-20-17-16(18(21)23)8-9-25-17/h4-9,12,14,22H,10-11H2,1-3H3. The van der Waals surface area contributed by atoms with E-state index in [-0.39, 0.29) is 24.1 Å². The predicted octanol–water partition coefficient (Wildman–Crippen LogP) is 3.20.